The molecule has 0 aromatic carbocycles. The molecule has 0 aliphatic heterocycles. The van der Waals surface area contributed by atoms with Crippen molar-refractivity contribution in [2.75, 3.05) is 0 Å². The first-order valence-corrected chi connectivity index (χ1v) is 4.71. The molecule has 3 N–H and O–H groups in total. The molecule has 0 saturated carbocycles. The molecule has 0 fully saturated rings. The Morgan fingerprint density at radius 1 is 1.64 bits per heavy atom. The van der Waals surface area contributed by atoms with E-state index in [2.05, 4.69) is 10.5 Å². The van der Waals surface area contributed by atoms with Gasteiger partial charge in [-0.05, 0) is 25.3 Å². The van der Waals surface area contributed by atoms with Crippen LogP contribution in [-0.4, -0.2) is 15.7 Å². The standard InChI is InChI=1S/C9H16N4O/c1-8-6-11-13(7-8)5-3-2-4-9(14)12-10/h6-7H,2-5,10H2,1H3,(H,12,14). The van der Waals surface area contributed by atoms with E-state index in [1.165, 1.54) is 0 Å². The van der Waals surface area contributed by atoms with Gasteiger partial charge in [0.25, 0.3) is 0 Å². The van der Waals surface area contributed by atoms with Crippen LogP contribution < -0.4 is 11.3 Å². The number of aryl methyl sites for hydroxylation is 2. The van der Waals surface area contributed by atoms with Crippen LogP contribution in [-0.2, 0) is 11.3 Å². The number of nitrogens with zero attached hydrogens (tertiary/aromatic N) is 2. The molecular formula is C9H16N4O. The Balaban J connectivity index is 2.13. The molecular weight excluding hydrogens is 180 g/mol. The van der Waals surface area contributed by atoms with Crippen molar-refractivity contribution in [1.82, 2.24) is 15.2 Å². The second-order valence-corrected chi connectivity index (χ2v) is 3.31. The minimum atomic E-state index is -0.110. The van der Waals surface area contributed by atoms with Gasteiger partial charge in [-0.3, -0.25) is 14.9 Å². The van der Waals surface area contributed by atoms with Crippen LogP contribution in [0.25, 0.3) is 0 Å². The summed E-state index contributed by atoms with van der Waals surface area (Å²) < 4.78 is 1.88. The average Bonchev–Trinajstić information content (AvgIpc) is 2.58. The van der Waals surface area contributed by atoms with Crippen molar-refractivity contribution in [1.29, 1.82) is 0 Å². The third kappa shape index (κ3) is 3.57. The number of hydrazine groups is 1. The first kappa shape index (κ1) is 10.7. The minimum Gasteiger partial charge on any atom is -0.294 e. The maximum atomic E-state index is 10.8. The molecule has 0 radical (unpaired) electrons. The Morgan fingerprint density at radius 2 is 2.43 bits per heavy atom. The highest BCUT2D eigenvalue weighted by atomic mass is 16.2. The number of hydrogen-bond donors (Lipinski definition) is 2. The molecule has 0 bridgehead atoms. The van der Waals surface area contributed by atoms with Gasteiger partial charge in [-0.1, -0.05) is 0 Å². The van der Waals surface area contributed by atoms with Gasteiger partial charge in [0.1, 0.15) is 0 Å². The number of carbonyl (C=O) groups excluding carboxylic acids is 1. The Labute approximate surface area is 83.2 Å². The quantitative estimate of drug-likeness (QED) is 0.309. The van der Waals surface area contributed by atoms with Crippen LogP contribution in [0.1, 0.15) is 24.8 Å². The monoisotopic (exact) mass is 196 g/mol. The highest BCUT2D eigenvalue weighted by molar-refractivity contribution is 5.74. The second kappa shape index (κ2) is 5.39. The molecule has 5 heteroatoms. The van der Waals surface area contributed by atoms with Crippen LogP contribution in [0.5, 0.6) is 0 Å². The van der Waals surface area contributed by atoms with Crippen LogP contribution in [0.2, 0.25) is 0 Å². The summed E-state index contributed by atoms with van der Waals surface area (Å²) in [6.07, 6.45) is 6.07. The molecule has 1 aromatic rings. The predicted molar refractivity (Wildman–Crippen MR) is 53.1 cm³/mol. The smallest absolute Gasteiger partial charge is 0.233 e. The molecule has 0 spiro atoms. The summed E-state index contributed by atoms with van der Waals surface area (Å²) >= 11 is 0. The Bertz CT molecular complexity index is 295. The molecule has 78 valence electrons. The number of rotatable bonds is 5. The fourth-order valence-electron chi connectivity index (χ4n) is 1.22. The van der Waals surface area contributed by atoms with Crippen LogP contribution in [0.15, 0.2) is 12.4 Å². The number of nitrogens with one attached hydrogen (secondary N) is 1. The summed E-state index contributed by atoms with van der Waals surface area (Å²) in [5.41, 5.74) is 3.26. The zero-order chi connectivity index (χ0) is 10.4. The molecule has 1 aromatic heterocycles. The van der Waals surface area contributed by atoms with Crippen LogP contribution in [0.3, 0.4) is 0 Å². The molecule has 0 atom stereocenters. The minimum absolute atomic E-state index is 0.110. The van der Waals surface area contributed by atoms with Gasteiger partial charge in [-0.15, -0.1) is 0 Å². The summed E-state index contributed by atoms with van der Waals surface area (Å²) in [6, 6.07) is 0. The molecule has 0 saturated heterocycles. The molecule has 5 nitrogen and oxygen atoms in total. The van der Waals surface area contributed by atoms with E-state index < -0.39 is 0 Å². The zero-order valence-electron chi connectivity index (χ0n) is 8.36. The van der Waals surface area contributed by atoms with E-state index in [9.17, 15) is 4.79 Å². The van der Waals surface area contributed by atoms with Crippen LogP contribution in [0, 0.1) is 6.92 Å². The van der Waals surface area contributed by atoms with E-state index in [0.29, 0.717) is 6.42 Å². The first-order chi connectivity index (χ1) is 6.72. The SMILES string of the molecule is Cc1cnn(CCCCC(=O)NN)c1. The summed E-state index contributed by atoms with van der Waals surface area (Å²) in [7, 11) is 0. The Hall–Kier alpha value is -1.36. The lowest BCUT2D eigenvalue weighted by Gasteiger charge is -2.00. The molecule has 0 aliphatic rings. The average molecular weight is 196 g/mol. The van der Waals surface area contributed by atoms with Gasteiger partial charge in [0.15, 0.2) is 0 Å². The maximum Gasteiger partial charge on any atom is 0.233 e. The molecule has 1 amide bonds. The predicted octanol–water partition coefficient (Wildman–Crippen LogP) is 0.352. The van der Waals surface area contributed by atoms with Gasteiger partial charge in [-0.25, -0.2) is 5.84 Å². The topological polar surface area (TPSA) is 72.9 Å². The molecule has 0 aliphatic carbocycles. The lowest BCUT2D eigenvalue weighted by molar-refractivity contribution is -0.121. The fraction of sp³-hybridized carbons (Fsp3) is 0.556. The number of carbonyl (C=O) groups is 1. The number of hydrogen-bond acceptors (Lipinski definition) is 3. The summed E-state index contributed by atoms with van der Waals surface area (Å²) in [5, 5.41) is 4.14. The highest BCUT2D eigenvalue weighted by Crippen LogP contribution is 2.00. The zero-order valence-corrected chi connectivity index (χ0v) is 8.36. The number of amides is 1. The molecule has 1 rings (SSSR count). The first-order valence-electron chi connectivity index (χ1n) is 4.71. The lowest BCUT2D eigenvalue weighted by Crippen LogP contribution is -2.29. The summed E-state index contributed by atoms with van der Waals surface area (Å²) in [5.74, 6) is 4.84. The second-order valence-electron chi connectivity index (χ2n) is 3.31. The van der Waals surface area contributed by atoms with Crippen molar-refractivity contribution in [3.8, 4) is 0 Å². The number of nitrogens with two attached hydrogens (primary N) is 1. The largest absolute Gasteiger partial charge is 0.294 e. The van der Waals surface area contributed by atoms with E-state index in [0.717, 1.165) is 24.9 Å². The number of unbranched alkanes of at least 4 members (excludes halogenated alkanes) is 1. The fourth-order valence-corrected chi connectivity index (χ4v) is 1.22. The van der Waals surface area contributed by atoms with Gasteiger partial charge in [0.2, 0.25) is 5.91 Å². The third-order valence-electron chi connectivity index (χ3n) is 1.96. The summed E-state index contributed by atoms with van der Waals surface area (Å²) in [4.78, 5) is 10.8. The van der Waals surface area contributed by atoms with E-state index in [4.69, 9.17) is 5.84 Å². The van der Waals surface area contributed by atoms with Gasteiger partial charge in [0, 0.05) is 19.2 Å². The lowest BCUT2D eigenvalue weighted by atomic mass is 10.2. The van der Waals surface area contributed by atoms with Crippen molar-refractivity contribution in [3.63, 3.8) is 0 Å². The number of aromatic nitrogens is 2. The van der Waals surface area contributed by atoms with E-state index in [1.54, 1.807) is 0 Å². The van der Waals surface area contributed by atoms with Crippen LogP contribution in [0.4, 0.5) is 0 Å². The van der Waals surface area contributed by atoms with Crippen molar-refractivity contribution in [2.45, 2.75) is 32.7 Å². The van der Waals surface area contributed by atoms with Crippen molar-refractivity contribution in [3.05, 3.63) is 18.0 Å². The van der Waals surface area contributed by atoms with E-state index in [1.807, 2.05) is 24.0 Å². The molecule has 14 heavy (non-hydrogen) atoms. The maximum absolute atomic E-state index is 10.8. The van der Waals surface area contributed by atoms with Gasteiger partial charge in [0.05, 0.1) is 6.20 Å². The van der Waals surface area contributed by atoms with Gasteiger partial charge >= 0.3 is 0 Å². The third-order valence-corrected chi connectivity index (χ3v) is 1.96. The Kier molecular flexibility index (Phi) is 4.12. The van der Waals surface area contributed by atoms with E-state index >= 15 is 0 Å². The van der Waals surface area contributed by atoms with Crippen molar-refractivity contribution in [2.24, 2.45) is 5.84 Å². The molecule has 0 unspecified atom stereocenters. The normalized spacial score (nSPS) is 10.1. The van der Waals surface area contributed by atoms with Gasteiger partial charge < -0.3 is 0 Å². The van der Waals surface area contributed by atoms with Gasteiger partial charge in [-0.2, -0.15) is 5.10 Å². The summed E-state index contributed by atoms with van der Waals surface area (Å²) in [6.45, 7) is 2.86. The van der Waals surface area contributed by atoms with Crippen LogP contribution >= 0.6 is 0 Å². The highest BCUT2D eigenvalue weighted by Gasteiger charge is 1.98. The van der Waals surface area contributed by atoms with Crippen molar-refractivity contribution >= 4 is 5.91 Å². The molecule has 1 heterocycles. The van der Waals surface area contributed by atoms with E-state index in [-0.39, 0.29) is 5.91 Å². The Morgan fingerprint density at radius 3 is 3.00 bits per heavy atom. The van der Waals surface area contributed by atoms with Crippen molar-refractivity contribution < 1.29 is 4.79 Å².